The van der Waals surface area contributed by atoms with Crippen LogP contribution in [0.3, 0.4) is 0 Å². The Labute approximate surface area is 119 Å². The van der Waals surface area contributed by atoms with Crippen LogP contribution in [0.25, 0.3) is 0 Å². The smallest absolute Gasteiger partial charge is 0.409 e. The monoisotopic (exact) mass is 288 g/mol. The molecule has 0 saturated carbocycles. The molecule has 0 aromatic heterocycles. The van der Waals surface area contributed by atoms with Crippen LogP contribution in [0.2, 0.25) is 0 Å². The molecular weight excluding hydrogens is 264 g/mol. The molecule has 0 aromatic carbocycles. The van der Waals surface area contributed by atoms with E-state index >= 15 is 0 Å². The topological polar surface area (TPSA) is 83.1 Å². The van der Waals surface area contributed by atoms with Crippen LogP contribution in [0, 0.1) is 0 Å². The van der Waals surface area contributed by atoms with Gasteiger partial charge in [0.1, 0.15) is 0 Å². The zero-order chi connectivity index (χ0) is 14.8. The number of hydrogen-bond donors (Lipinski definition) is 2. The van der Waals surface area contributed by atoms with Crippen molar-refractivity contribution < 1.29 is 19.1 Å². The van der Waals surface area contributed by atoms with E-state index in [1.54, 1.807) is 9.80 Å². The minimum atomic E-state index is -0.318. The molecule has 0 aromatic rings. The number of rotatable bonds is 0. The van der Waals surface area contributed by atoms with Gasteiger partial charge >= 0.3 is 12.2 Å². The number of amides is 2. The molecule has 1 aliphatic heterocycles. The van der Waals surface area contributed by atoms with Crippen molar-refractivity contribution >= 4 is 12.2 Å². The Morgan fingerprint density at radius 3 is 1.30 bits per heavy atom. The quantitative estimate of drug-likeness (QED) is 0.614. The molecule has 1 heterocycles. The highest BCUT2D eigenvalue weighted by atomic mass is 16.5. The maximum absolute atomic E-state index is 11.5. The van der Waals surface area contributed by atoms with Crippen LogP contribution in [0.1, 0.15) is 0 Å². The highest BCUT2D eigenvalue weighted by Gasteiger charge is 2.15. The molecule has 2 N–H and O–H groups in total. The zero-order valence-electron chi connectivity index (χ0n) is 12.2. The zero-order valence-corrected chi connectivity index (χ0v) is 12.2. The summed E-state index contributed by atoms with van der Waals surface area (Å²) in [7, 11) is 2.76. The van der Waals surface area contributed by atoms with Gasteiger partial charge in [-0.2, -0.15) is 0 Å². The SMILES string of the molecule is COC(=O)N1CCNCCN(C(=O)OC)CCNCC1. The van der Waals surface area contributed by atoms with Crippen molar-refractivity contribution in [3.05, 3.63) is 0 Å². The molecule has 1 aliphatic rings. The first-order valence-electron chi connectivity index (χ1n) is 6.76. The molecule has 8 heteroatoms. The maximum Gasteiger partial charge on any atom is 0.409 e. The van der Waals surface area contributed by atoms with Gasteiger partial charge in [0.15, 0.2) is 0 Å². The second-order valence-electron chi connectivity index (χ2n) is 4.41. The fourth-order valence-electron chi connectivity index (χ4n) is 1.95. The molecule has 0 aliphatic carbocycles. The fraction of sp³-hybridized carbons (Fsp3) is 0.833. The number of nitrogens with one attached hydrogen (secondary N) is 2. The predicted octanol–water partition coefficient (Wildman–Crippen LogP) is -0.684. The predicted molar refractivity (Wildman–Crippen MR) is 73.7 cm³/mol. The Hall–Kier alpha value is -1.54. The molecule has 2 amide bonds. The first-order chi connectivity index (χ1) is 9.69. The maximum atomic E-state index is 11.5. The Balaban J connectivity index is 2.46. The minimum absolute atomic E-state index is 0.318. The van der Waals surface area contributed by atoms with E-state index < -0.39 is 0 Å². The van der Waals surface area contributed by atoms with Gasteiger partial charge in [0, 0.05) is 52.4 Å². The third-order valence-electron chi connectivity index (χ3n) is 3.10. The van der Waals surface area contributed by atoms with Crippen LogP contribution in [-0.2, 0) is 9.47 Å². The Bertz CT molecular complexity index is 272. The van der Waals surface area contributed by atoms with Crippen molar-refractivity contribution in [3.63, 3.8) is 0 Å². The summed E-state index contributed by atoms with van der Waals surface area (Å²) >= 11 is 0. The average molecular weight is 288 g/mol. The first kappa shape index (κ1) is 16.5. The van der Waals surface area contributed by atoms with Crippen molar-refractivity contribution in [3.8, 4) is 0 Å². The van der Waals surface area contributed by atoms with E-state index in [-0.39, 0.29) is 12.2 Å². The summed E-state index contributed by atoms with van der Waals surface area (Å²) in [5, 5.41) is 6.40. The molecular formula is C12H24N4O4. The summed E-state index contributed by atoms with van der Waals surface area (Å²) in [4.78, 5) is 26.4. The van der Waals surface area contributed by atoms with E-state index in [1.807, 2.05) is 0 Å². The van der Waals surface area contributed by atoms with Gasteiger partial charge in [0.2, 0.25) is 0 Å². The number of methoxy groups -OCH3 is 2. The number of ether oxygens (including phenoxy) is 2. The summed E-state index contributed by atoms with van der Waals surface area (Å²) in [6.07, 6.45) is -0.635. The first-order valence-corrected chi connectivity index (χ1v) is 6.76. The Kier molecular flexibility index (Phi) is 7.74. The van der Waals surface area contributed by atoms with Gasteiger partial charge in [-0.1, -0.05) is 0 Å². The Morgan fingerprint density at radius 2 is 1.05 bits per heavy atom. The molecule has 0 bridgehead atoms. The normalized spacial score (nSPS) is 18.7. The van der Waals surface area contributed by atoms with E-state index in [2.05, 4.69) is 10.6 Å². The van der Waals surface area contributed by atoms with E-state index in [9.17, 15) is 9.59 Å². The molecule has 8 nitrogen and oxygen atoms in total. The van der Waals surface area contributed by atoms with Crippen molar-refractivity contribution in [2.75, 3.05) is 66.6 Å². The largest absolute Gasteiger partial charge is 0.453 e. The van der Waals surface area contributed by atoms with Gasteiger partial charge in [0.05, 0.1) is 14.2 Å². The summed E-state index contributed by atoms with van der Waals surface area (Å²) < 4.78 is 9.48. The summed E-state index contributed by atoms with van der Waals surface area (Å²) in [6.45, 7) is 4.93. The Morgan fingerprint density at radius 1 is 0.750 bits per heavy atom. The van der Waals surface area contributed by atoms with Gasteiger partial charge in [-0.15, -0.1) is 0 Å². The lowest BCUT2D eigenvalue weighted by molar-refractivity contribution is 0.119. The lowest BCUT2D eigenvalue weighted by Crippen LogP contribution is -2.46. The van der Waals surface area contributed by atoms with Crippen molar-refractivity contribution in [2.45, 2.75) is 0 Å². The molecule has 116 valence electrons. The number of carbonyl (C=O) groups excluding carboxylic acids is 2. The van der Waals surface area contributed by atoms with E-state index in [0.29, 0.717) is 52.4 Å². The lowest BCUT2D eigenvalue weighted by Gasteiger charge is -2.25. The van der Waals surface area contributed by atoms with Crippen LogP contribution < -0.4 is 10.6 Å². The molecule has 0 unspecified atom stereocenters. The van der Waals surface area contributed by atoms with Gasteiger partial charge in [0.25, 0.3) is 0 Å². The molecule has 0 spiro atoms. The standard InChI is InChI=1S/C12H24N4O4/c1-19-11(17)15-7-3-13-5-9-16(12(18)20-2)10-6-14-4-8-15/h13-14H,3-10H2,1-2H3. The van der Waals surface area contributed by atoms with Crippen LogP contribution in [0.5, 0.6) is 0 Å². The van der Waals surface area contributed by atoms with Crippen LogP contribution in [0.4, 0.5) is 9.59 Å². The second-order valence-corrected chi connectivity index (χ2v) is 4.41. The van der Waals surface area contributed by atoms with Crippen LogP contribution in [0.15, 0.2) is 0 Å². The van der Waals surface area contributed by atoms with Crippen molar-refractivity contribution in [1.82, 2.24) is 20.4 Å². The number of hydrogen-bond acceptors (Lipinski definition) is 6. The summed E-state index contributed by atoms with van der Waals surface area (Å²) in [5.74, 6) is 0. The van der Waals surface area contributed by atoms with E-state index in [0.717, 1.165) is 0 Å². The van der Waals surface area contributed by atoms with Crippen molar-refractivity contribution in [2.24, 2.45) is 0 Å². The van der Waals surface area contributed by atoms with Gasteiger partial charge in [-0.3, -0.25) is 0 Å². The highest BCUT2D eigenvalue weighted by Crippen LogP contribution is 1.94. The number of nitrogens with zero attached hydrogens (tertiary/aromatic N) is 2. The lowest BCUT2D eigenvalue weighted by atomic mass is 10.4. The molecule has 20 heavy (non-hydrogen) atoms. The van der Waals surface area contributed by atoms with Crippen LogP contribution >= 0.6 is 0 Å². The van der Waals surface area contributed by atoms with Gasteiger partial charge < -0.3 is 29.9 Å². The third-order valence-corrected chi connectivity index (χ3v) is 3.10. The molecule has 0 radical (unpaired) electrons. The second kappa shape index (κ2) is 9.38. The molecule has 0 atom stereocenters. The average Bonchev–Trinajstić information content (AvgIpc) is 2.46. The molecule has 1 fully saturated rings. The van der Waals surface area contributed by atoms with Gasteiger partial charge in [-0.05, 0) is 0 Å². The van der Waals surface area contributed by atoms with Crippen molar-refractivity contribution in [1.29, 1.82) is 0 Å². The molecule has 1 rings (SSSR count). The van der Waals surface area contributed by atoms with E-state index in [4.69, 9.17) is 9.47 Å². The fourth-order valence-corrected chi connectivity index (χ4v) is 1.95. The molecule has 1 saturated heterocycles. The number of carbonyl (C=O) groups is 2. The third kappa shape index (κ3) is 5.62. The van der Waals surface area contributed by atoms with Gasteiger partial charge in [-0.25, -0.2) is 9.59 Å². The summed E-state index contributed by atoms with van der Waals surface area (Å²) in [5.41, 5.74) is 0. The highest BCUT2D eigenvalue weighted by molar-refractivity contribution is 5.67. The van der Waals surface area contributed by atoms with E-state index in [1.165, 1.54) is 14.2 Å². The minimum Gasteiger partial charge on any atom is -0.453 e. The summed E-state index contributed by atoms with van der Waals surface area (Å²) in [6, 6.07) is 0. The van der Waals surface area contributed by atoms with Crippen LogP contribution in [-0.4, -0.2) is 88.6 Å².